The third-order valence-electron chi connectivity index (χ3n) is 2.31. The van der Waals surface area contributed by atoms with Crippen LogP contribution in [0.1, 0.15) is 11.1 Å². The molecule has 0 radical (unpaired) electrons. The number of rotatable bonds is 2. The first kappa shape index (κ1) is 12.0. The van der Waals surface area contributed by atoms with Gasteiger partial charge in [0.05, 0.1) is 10.6 Å². The van der Waals surface area contributed by atoms with E-state index < -0.39 is 0 Å². The van der Waals surface area contributed by atoms with E-state index in [9.17, 15) is 0 Å². The number of nitriles is 1. The Morgan fingerprint density at radius 2 is 1.88 bits per heavy atom. The van der Waals surface area contributed by atoms with Gasteiger partial charge in [-0.3, -0.25) is 0 Å². The van der Waals surface area contributed by atoms with E-state index in [2.05, 4.69) is 6.07 Å². The second-order valence-electron chi connectivity index (χ2n) is 3.64. The molecule has 17 heavy (non-hydrogen) atoms. The molecule has 0 N–H and O–H groups in total. The van der Waals surface area contributed by atoms with E-state index in [0.717, 1.165) is 15.4 Å². The van der Waals surface area contributed by atoms with Crippen molar-refractivity contribution >= 4 is 23.4 Å². The molecule has 0 aliphatic rings. The van der Waals surface area contributed by atoms with Gasteiger partial charge in [0.2, 0.25) is 0 Å². The Bertz CT molecular complexity index is 587. The second-order valence-corrected chi connectivity index (χ2v) is 5.13. The fraction of sp³-hybridized carbons (Fsp3) is 0.0714. The zero-order valence-corrected chi connectivity index (χ0v) is 10.8. The maximum absolute atomic E-state index is 9.09. The molecule has 0 aromatic heterocycles. The largest absolute Gasteiger partial charge is 0.192 e. The van der Waals surface area contributed by atoms with Gasteiger partial charge in [-0.15, -0.1) is 0 Å². The van der Waals surface area contributed by atoms with E-state index >= 15 is 0 Å². The van der Waals surface area contributed by atoms with Gasteiger partial charge in [-0.05, 0) is 36.8 Å². The molecule has 3 heteroatoms. The zero-order chi connectivity index (χ0) is 12.3. The fourth-order valence-electron chi connectivity index (χ4n) is 1.47. The van der Waals surface area contributed by atoms with Crippen molar-refractivity contribution in [2.24, 2.45) is 0 Å². The Balaban J connectivity index is 2.37. The molecule has 0 fully saturated rings. The Kier molecular flexibility index (Phi) is 3.73. The number of halogens is 1. The van der Waals surface area contributed by atoms with Crippen LogP contribution in [0.3, 0.4) is 0 Å². The summed E-state index contributed by atoms with van der Waals surface area (Å²) in [6.07, 6.45) is 0. The molecule has 0 atom stereocenters. The van der Waals surface area contributed by atoms with Crippen LogP contribution in [-0.4, -0.2) is 0 Å². The summed E-state index contributed by atoms with van der Waals surface area (Å²) in [5.74, 6) is 0. The molecule has 0 aliphatic carbocycles. The van der Waals surface area contributed by atoms with Gasteiger partial charge >= 0.3 is 0 Å². The highest BCUT2D eigenvalue weighted by Gasteiger charge is 2.06. The Morgan fingerprint density at radius 1 is 1.12 bits per heavy atom. The van der Waals surface area contributed by atoms with Crippen molar-refractivity contribution < 1.29 is 0 Å². The first-order valence-corrected chi connectivity index (χ1v) is 6.33. The van der Waals surface area contributed by atoms with Crippen molar-refractivity contribution in [2.45, 2.75) is 16.7 Å². The lowest BCUT2D eigenvalue weighted by Crippen LogP contribution is -1.83. The molecule has 2 rings (SSSR count). The van der Waals surface area contributed by atoms with Gasteiger partial charge in [0.15, 0.2) is 0 Å². The highest BCUT2D eigenvalue weighted by Crippen LogP contribution is 2.34. The van der Waals surface area contributed by atoms with Crippen LogP contribution in [0.15, 0.2) is 52.3 Å². The van der Waals surface area contributed by atoms with E-state index in [1.54, 1.807) is 0 Å². The minimum absolute atomic E-state index is 0.690. The highest BCUT2D eigenvalue weighted by atomic mass is 35.5. The molecule has 0 saturated heterocycles. The van der Waals surface area contributed by atoms with E-state index in [1.165, 1.54) is 11.8 Å². The summed E-state index contributed by atoms with van der Waals surface area (Å²) in [6, 6.07) is 15.7. The smallest absolute Gasteiger partial charge is 0.100 e. The molecule has 2 aromatic rings. The first-order valence-electron chi connectivity index (χ1n) is 5.14. The topological polar surface area (TPSA) is 23.8 Å². The highest BCUT2D eigenvalue weighted by molar-refractivity contribution is 7.99. The van der Waals surface area contributed by atoms with Gasteiger partial charge in [-0.25, -0.2) is 0 Å². The molecule has 0 bridgehead atoms. The summed E-state index contributed by atoms with van der Waals surface area (Å²) < 4.78 is 0. The molecule has 0 saturated carbocycles. The van der Waals surface area contributed by atoms with Gasteiger partial charge in [-0.2, -0.15) is 5.26 Å². The summed E-state index contributed by atoms with van der Waals surface area (Å²) in [7, 11) is 0. The minimum Gasteiger partial charge on any atom is -0.192 e. The predicted octanol–water partition coefficient (Wildman–Crippen LogP) is 4.67. The lowest BCUT2D eigenvalue weighted by molar-refractivity contribution is 1.31. The second kappa shape index (κ2) is 5.27. The van der Waals surface area contributed by atoms with Crippen LogP contribution in [0.4, 0.5) is 0 Å². The zero-order valence-electron chi connectivity index (χ0n) is 9.27. The van der Waals surface area contributed by atoms with Gasteiger partial charge in [0.25, 0.3) is 0 Å². The van der Waals surface area contributed by atoms with Gasteiger partial charge in [0.1, 0.15) is 6.07 Å². The third kappa shape index (κ3) is 2.82. The standard InChI is InChI=1S/C14H10ClNS/c1-10-6-7-13(11(8-10)9-16)17-14-5-3-2-4-12(14)15/h2-8H,1H3. The molecule has 0 unspecified atom stereocenters. The molecular formula is C14H10ClNS. The number of aryl methyl sites for hydroxylation is 1. The Labute approximate surface area is 110 Å². The van der Waals surface area contributed by atoms with Crippen molar-refractivity contribution in [3.05, 3.63) is 58.6 Å². The third-order valence-corrected chi connectivity index (χ3v) is 3.91. The first-order chi connectivity index (χ1) is 8.20. The normalized spacial score (nSPS) is 9.94. The van der Waals surface area contributed by atoms with Crippen molar-refractivity contribution in [2.75, 3.05) is 0 Å². The predicted molar refractivity (Wildman–Crippen MR) is 71.5 cm³/mol. The van der Waals surface area contributed by atoms with Crippen molar-refractivity contribution in [1.82, 2.24) is 0 Å². The van der Waals surface area contributed by atoms with E-state index in [1.807, 2.05) is 49.4 Å². The minimum atomic E-state index is 0.690. The fourth-order valence-corrected chi connectivity index (χ4v) is 2.62. The average molecular weight is 260 g/mol. The van der Waals surface area contributed by atoms with Crippen molar-refractivity contribution in [3.63, 3.8) is 0 Å². The number of hydrogen-bond donors (Lipinski definition) is 0. The van der Waals surface area contributed by atoms with Gasteiger partial charge in [-0.1, -0.05) is 41.6 Å². The van der Waals surface area contributed by atoms with Crippen LogP contribution in [0, 0.1) is 18.3 Å². The van der Waals surface area contributed by atoms with Crippen molar-refractivity contribution in [3.8, 4) is 6.07 Å². The van der Waals surface area contributed by atoms with Crippen LogP contribution in [0.2, 0.25) is 5.02 Å². The summed E-state index contributed by atoms with van der Waals surface area (Å²) in [6.45, 7) is 1.98. The summed E-state index contributed by atoms with van der Waals surface area (Å²) in [5.41, 5.74) is 1.78. The monoisotopic (exact) mass is 259 g/mol. The van der Waals surface area contributed by atoms with Crippen LogP contribution >= 0.6 is 23.4 Å². The van der Waals surface area contributed by atoms with Crippen molar-refractivity contribution in [1.29, 1.82) is 5.26 Å². The van der Waals surface area contributed by atoms with E-state index in [0.29, 0.717) is 10.6 Å². The molecule has 0 aliphatic heterocycles. The summed E-state index contributed by atoms with van der Waals surface area (Å²) in [4.78, 5) is 1.90. The van der Waals surface area contributed by atoms with Crippen LogP contribution in [0.5, 0.6) is 0 Å². The molecular weight excluding hydrogens is 250 g/mol. The molecule has 2 aromatic carbocycles. The Hall–Kier alpha value is -1.43. The lowest BCUT2D eigenvalue weighted by atomic mass is 10.2. The molecule has 0 heterocycles. The number of nitrogens with zero attached hydrogens (tertiary/aromatic N) is 1. The summed E-state index contributed by atoms with van der Waals surface area (Å²) >= 11 is 7.62. The van der Waals surface area contributed by atoms with Crippen LogP contribution < -0.4 is 0 Å². The quantitative estimate of drug-likeness (QED) is 0.782. The Morgan fingerprint density at radius 3 is 2.59 bits per heavy atom. The maximum Gasteiger partial charge on any atom is 0.100 e. The lowest BCUT2D eigenvalue weighted by Gasteiger charge is -2.06. The molecule has 0 amide bonds. The van der Waals surface area contributed by atoms with E-state index in [4.69, 9.17) is 16.9 Å². The number of benzene rings is 2. The summed E-state index contributed by atoms with van der Waals surface area (Å²) in [5, 5.41) is 9.80. The van der Waals surface area contributed by atoms with E-state index in [-0.39, 0.29) is 0 Å². The maximum atomic E-state index is 9.09. The average Bonchev–Trinajstić information content (AvgIpc) is 2.34. The molecule has 84 valence electrons. The molecule has 1 nitrogen and oxygen atoms in total. The van der Waals surface area contributed by atoms with Gasteiger partial charge < -0.3 is 0 Å². The van der Waals surface area contributed by atoms with Crippen LogP contribution in [-0.2, 0) is 0 Å². The SMILES string of the molecule is Cc1ccc(Sc2ccccc2Cl)c(C#N)c1. The molecule has 0 spiro atoms. The van der Waals surface area contributed by atoms with Gasteiger partial charge in [0, 0.05) is 9.79 Å². The van der Waals surface area contributed by atoms with Crippen LogP contribution in [0.25, 0.3) is 0 Å². The number of hydrogen-bond acceptors (Lipinski definition) is 2.